The van der Waals surface area contributed by atoms with Gasteiger partial charge in [-0.25, -0.2) is 9.78 Å². The molecule has 0 unspecified atom stereocenters. The number of carbonyl (C=O) groups is 1. The maximum atomic E-state index is 12.5. The van der Waals surface area contributed by atoms with Gasteiger partial charge in [-0.3, -0.25) is 4.98 Å². The highest BCUT2D eigenvalue weighted by Crippen LogP contribution is 2.29. The van der Waals surface area contributed by atoms with Crippen molar-refractivity contribution in [3.8, 4) is 0 Å². The lowest BCUT2D eigenvalue weighted by Gasteiger charge is -2.31. The van der Waals surface area contributed by atoms with Gasteiger partial charge in [-0.05, 0) is 56.5 Å². The van der Waals surface area contributed by atoms with Crippen LogP contribution >= 0.6 is 0 Å². The molecule has 0 saturated carbocycles. The topological polar surface area (TPSA) is 70.2 Å². The molecule has 2 heterocycles. The standard InChI is InChI=1S/C23H25N5O/c1-15-7-9-19(10-8-15)26-23(29)27-21-6-4-5-18-14-28(12-11-20(18)21)22-17(3)24-13-16(2)25-22/h4-10,13H,11-12,14H2,1-3H3,(H2,26,27,29). The normalized spacial score (nSPS) is 13.0. The predicted molar refractivity (Wildman–Crippen MR) is 117 cm³/mol. The molecule has 6 nitrogen and oxygen atoms in total. The molecule has 6 heteroatoms. The number of fused-ring (bicyclic) bond motifs is 1. The first kappa shape index (κ1) is 18.9. The average Bonchev–Trinajstić information content (AvgIpc) is 2.71. The highest BCUT2D eigenvalue weighted by atomic mass is 16.2. The molecule has 0 saturated heterocycles. The summed E-state index contributed by atoms with van der Waals surface area (Å²) in [7, 11) is 0. The van der Waals surface area contributed by atoms with E-state index in [4.69, 9.17) is 0 Å². The van der Waals surface area contributed by atoms with Crippen LogP contribution in [0.25, 0.3) is 0 Å². The van der Waals surface area contributed by atoms with Gasteiger partial charge in [-0.2, -0.15) is 0 Å². The van der Waals surface area contributed by atoms with Gasteiger partial charge in [0.2, 0.25) is 0 Å². The predicted octanol–water partition coefficient (Wildman–Crippen LogP) is 4.61. The van der Waals surface area contributed by atoms with E-state index in [2.05, 4.69) is 31.6 Å². The van der Waals surface area contributed by atoms with E-state index in [0.29, 0.717) is 0 Å². The quantitative estimate of drug-likeness (QED) is 0.689. The maximum absolute atomic E-state index is 12.5. The molecule has 0 atom stereocenters. The summed E-state index contributed by atoms with van der Waals surface area (Å²) in [5.41, 5.74) is 7.03. The van der Waals surface area contributed by atoms with Gasteiger partial charge in [0, 0.05) is 30.7 Å². The number of hydrogen-bond donors (Lipinski definition) is 2. The minimum Gasteiger partial charge on any atom is -0.350 e. The Kier molecular flexibility index (Phi) is 5.16. The third kappa shape index (κ3) is 4.21. The third-order valence-electron chi connectivity index (χ3n) is 5.17. The van der Waals surface area contributed by atoms with Crippen LogP contribution in [0.2, 0.25) is 0 Å². The molecule has 2 amide bonds. The number of hydrogen-bond acceptors (Lipinski definition) is 4. The van der Waals surface area contributed by atoms with Gasteiger partial charge in [-0.15, -0.1) is 0 Å². The van der Waals surface area contributed by atoms with Gasteiger partial charge in [0.05, 0.1) is 11.4 Å². The number of aryl methyl sites for hydroxylation is 3. The molecule has 4 rings (SSSR count). The molecule has 1 aromatic heterocycles. The van der Waals surface area contributed by atoms with Gasteiger partial charge in [-0.1, -0.05) is 29.8 Å². The molecule has 148 valence electrons. The Morgan fingerprint density at radius 3 is 2.62 bits per heavy atom. The molecule has 2 N–H and O–H groups in total. The molecule has 29 heavy (non-hydrogen) atoms. The van der Waals surface area contributed by atoms with Crippen molar-refractivity contribution >= 4 is 23.2 Å². The number of nitrogens with zero attached hydrogens (tertiary/aromatic N) is 3. The lowest BCUT2D eigenvalue weighted by Crippen LogP contribution is -2.33. The number of aromatic nitrogens is 2. The summed E-state index contributed by atoms with van der Waals surface area (Å²) in [5, 5.41) is 5.91. The molecule has 0 fully saturated rings. The summed E-state index contributed by atoms with van der Waals surface area (Å²) in [5.74, 6) is 0.936. The van der Waals surface area contributed by atoms with Crippen molar-refractivity contribution in [1.82, 2.24) is 9.97 Å². The fourth-order valence-electron chi connectivity index (χ4n) is 3.65. The SMILES string of the molecule is Cc1ccc(NC(=O)Nc2cccc3c2CCN(c2nc(C)cnc2C)C3)cc1. The molecular weight excluding hydrogens is 362 g/mol. The van der Waals surface area contributed by atoms with Crippen LogP contribution in [-0.2, 0) is 13.0 Å². The minimum atomic E-state index is -0.231. The summed E-state index contributed by atoms with van der Waals surface area (Å²) in [6.07, 6.45) is 2.64. The van der Waals surface area contributed by atoms with Crippen molar-refractivity contribution in [3.63, 3.8) is 0 Å². The van der Waals surface area contributed by atoms with Gasteiger partial charge >= 0.3 is 6.03 Å². The zero-order valence-corrected chi connectivity index (χ0v) is 17.0. The van der Waals surface area contributed by atoms with E-state index in [0.717, 1.165) is 53.7 Å². The third-order valence-corrected chi connectivity index (χ3v) is 5.17. The number of rotatable bonds is 3. The number of urea groups is 1. The second kappa shape index (κ2) is 7.91. The molecule has 0 spiro atoms. The molecule has 0 aliphatic carbocycles. The Bertz CT molecular complexity index is 1050. The molecule has 3 aromatic rings. The van der Waals surface area contributed by atoms with Crippen LogP contribution in [0.15, 0.2) is 48.7 Å². The van der Waals surface area contributed by atoms with E-state index >= 15 is 0 Å². The Morgan fingerprint density at radius 2 is 1.83 bits per heavy atom. The van der Waals surface area contributed by atoms with Crippen molar-refractivity contribution < 1.29 is 4.79 Å². The van der Waals surface area contributed by atoms with Crippen molar-refractivity contribution in [2.75, 3.05) is 22.1 Å². The van der Waals surface area contributed by atoms with Crippen LogP contribution in [0, 0.1) is 20.8 Å². The highest BCUT2D eigenvalue weighted by Gasteiger charge is 2.22. The Balaban J connectivity index is 1.50. The number of benzene rings is 2. The van der Waals surface area contributed by atoms with Gasteiger partial charge in [0.25, 0.3) is 0 Å². The second-order valence-electron chi connectivity index (χ2n) is 7.48. The number of nitrogens with one attached hydrogen (secondary N) is 2. The van der Waals surface area contributed by atoms with Crippen molar-refractivity contribution in [2.45, 2.75) is 33.7 Å². The number of amides is 2. The molecule has 0 bridgehead atoms. The Labute approximate surface area is 171 Å². The van der Waals surface area contributed by atoms with Crippen LogP contribution in [0.1, 0.15) is 28.1 Å². The van der Waals surface area contributed by atoms with Crippen molar-refractivity contribution in [1.29, 1.82) is 0 Å². The van der Waals surface area contributed by atoms with Crippen LogP contribution in [0.3, 0.4) is 0 Å². The first-order valence-electron chi connectivity index (χ1n) is 9.80. The molecular formula is C23H25N5O. The summed E-state index contributed by atoms with van der Waals surface area (Å²) in [6.45, 7) is 7.56. The average molecular weight is 387 g/mol. The molecule has 1 aliphatic heterocycles. The zero-order chi connectivity index (χ0) is 20.4. The number of carbonyl (C=O) groups excluding carboxylic acids is 1. The Hall–Kier alpha value is -3.41. The monoisotopic (exact) mass is 387 g/mol. The highest BCUT2D eigenvalue weighted by molar-refractivity contribution is 6.00. The summed E-state index contributed by atoms with van der Waals surface area (Å²) in [6, 6.07) is 13.6. The number of anilines is 3. The van der Waals surface area contributed by atoms with E-state index in [1.54, 1.807) is 6.20 Å². The summed E-state index contributed by atoms with van der Waals surface area (Å²) in [4.78, 5) is 23.8. The fourth-order valence-corrected chi connectivity index (χ4v) is 3.65. The fraction of sp³-hybridized carbons (Fsp3) is 0.261. The molecule has 0 radical (unpaired) electrons. The summed E-state index contributed by atoms with van der Waals surface area (Å²) < 4.78 is 0. The molecule has 1 aliphatic rings. The maximum Gasteiger partial charge on any atom is 0.323 e. The van der Waals surface area contributed by atoms with E-state index in [1.807, 2.05) is 57.2 Å². The van der Waals surface area contributed by atoms with Crippen molar-refractivity contribution in [2.24, 2.45) is 0 Å². The van der Waals surface area contributed by atoms with E-state index < -0.39 is 0 Å². The molecule has 2 aromatic carbocycles. The largest absolute Gasteiger partial charge is 0.350 e. The lowest BCUT2D eigenvalue weighted by molar-refractivity contribution is 0.262. The van der Waals surface area contributed by atoms with Crippen LogP contribution in [0.5, 0.6) is 0 Å². The van der Waals surface area contributed by atoms with Crippen LogP contribution < -0.4 is 15.5 Å². The Morgan fingerprint density at radius 1 is 1.03 bits per heavy atom. The van der Waals surface area contributed by atoms with E-state index in [-0.39, 0.29) is 6.03 Å². The van der Waals surface area contributed by atoms with E-state index in [1.165, 1.54) is 11.1 Å². The van der Waals surface area contributed by atoms with Crippen LogP contribution in [-0.4, -0.2) is 22.5 Å². The van der Waals surface area contributed by atoms with Gasteiger partial charge < -0.3 is 15.5 Å². The smallest absolute Gasteiger partial charge is 0.323 e. The first-order valence-corrected chi connectivity index (χ1v) is 9.80. The second-order valence-corrected chi connectivity index (χ2v) is 7.48. The zero-order valence-electron chi connectivity index (χ0n) is 17.0. The first-order chi connectivity index (χ1) is 14.0. The minimum absolute atomic E-state index is 0.231. The summed E-state index contributed by atoms with van der Waals surface area (Å²) >= 11 is 0. The van der Waals surface area contributed by atoms with Crippen LogP contribution in [0.4, 0.5) is 22.0 Å². The van der Waals surface area contributed by atoms with E-state index in [9.17, 15) is 4.79 Å². The van der Waals surface area contributed by atoms with Crippen molar-refractivity contribution in [3.05, 3.63) is 76.7 Å². The lowest BCUT2D eigenvalue weighted by atomic mass is 9.97. The van der Waals surface area contributed by atoms with Gasteiger partial charge in [0.15, 0.2) is 5.82 Å². The van der Waals surface area contributed by atoms with Gasteiger partial charge in [0.1, 0.15) is 0 Å².